The molecule has 0 unspecified atom stereocenters. The Morgan fingerprint density at radius 1 is 1.00 bits per heavy atom. The van der Waals surface area contributed by atoms with Gasteiger partial charge in [-0.3, -0.25) is 0 Å². The number of carbonyl (C=O) groups excluding carboxylic acids is 1. The second-order valence-corrected chi connectivity index (χ2v) is 7.02. The smallest absolute Gasteiger partial charge is 0.336 e. The zero-order valence-corrected chi connectivity index (χ0v) is 16.5. The van der Waals surface area contributed by atoms with Crippen LogP contribution in [-0.4, -0.2) is 12.8 Å². The second kappa shape index (κ2) is 8.82. The van der Waals surface area contributed by atoms with Gasteiger partial charge in [0.25, 0.3) is 0 Å². The van der Waals surface area contributed by atoms with Crippen molar-refractivity contribution in [3.63, 3.8) is 0 Å². The van der Waals surface area contributed by atoms with E-state index in [-0.39, 0.29) is 6.79 Å². The van der Waals surface area contributed by atoms with Gasteiger partial charge in [-0.15, -0.1) is 0 Å². The summed E-state index contributed by atoms with van der Waals surface area (Å²) in [6, 6.07) is 13.6. The first-order chi connectivity index (χ1) is 14.3. The summed E-state index contributed by atoms with van der Waals surface area (Å²) in [6.45, 7) is 2.40. The van der Waals surface area contributed by atoms with Gasteiger partial charge in [-0.25, -0.2) is 4.79 Å². The van der Waals surface area contributed by atoms with Crippen molar-refractivity contribution >= 4 is 16.7 Å². The summed E-state index contributed by atoms with van der Waals surface area (Å²) in [5, 5.41) is 1.96. The Kier molecular flexibility index (Phi) is 5.80. The highest BCUT2D eigenvalue weighted by atomic mass is 16.7. The predicted molar refractivity (Wildman–Crippen MR) is 115 cm³/mol. The lowest BCUT2D eigenvalue weighted by molar-refractivity contribution is -0.128. The Morgan fingerprint density at radius 3 is 2.76 bits per heavy atom. The van der Waals surface area contributed by atoms with Crippen LogP contribution >= 0.6 is 0 Å². The van der Waals surface area contributed by atoms with Gasteiger partial charge in [0.05, 0.1) is 0 Å². The number of unbranched alkanes of at least 4 members (excludes halogenated alkanes) is 3. The minimum Gasteiger partial charge on any atom is -0.454 e. The molecule has 0 atom stereocenters. The number of fused-ring (bicyclic) bond motifs is 5. The summed E-state index contributed by atoms with van der Waals surface area (Å²) in [6.07, 6.45) is 11.8. The number of hydrogen-bond donors (Lipinski definition) is 0. The van der Waals surface area contributed by atoms with Crippen LogP contribution in [0.25, 0.3) is 21.9 Å². The van der Waals surface area contributed by atoms with Gasteiger partial charge in [-0.2, -0.15) is 0 Å². The van der Waals surface area contributed by atoms with Gasteiger partial charge >= 0.3 is 5.97 Å². The molecule has 1 aromatic carbocycles. The second-order valence-electron chi connectivity index (χ2n) is 7.02. The summed E-state index contributed by atoms with van der Waals surface area (Å²) in [4.78, 5) is 12.3. The van der Waals surface area contributed by atoms with E-state index in [1.165, 1.54) is 25.3 Å². The third-order valence-electron chi connectivity index (χ3n) is 5.02. The number of allylic oxidation sites excluding steroid dienone is 3. The molecule has 1 heterocycles. The minimum absolute atomic E-state index is 0.218. The van der Waals surface area contributed by atoms with Gasteiger partial charge in [-0.05, 0) is 48.1 Å². The molecule has 3 aliphatic rings. The number of rotatable bonds is 7. The van der Waals surface area contributed by atoms with E-state index in [1.54, 1.807) is 6.08 Å². The molecule has 0 fully saturated rings. The van der Waals surface area contributed by atoms with Crippen LogP contribution in [0.1, 0.15) is 32.6 Å². The molecule has 148 valence electrons. The SMILES string of the molecule is CCCCC/C=C/C=C/C(=O)Oc1ccc2c3c(ccc2c2cccc1-2)OCO3. The molecule has 0 amide bonds. The lowest BCUT2D eigenvalue weighted by atomic mass is 10.1. The maximum absolute atomic E-state index is 12.3. The van der Waals surface area contributed by atoms with E-state index in [0.29, 0.717) is 5.75 Å². The maximum atomic E-state index is 12.3. The van der Waals surface area contributed by atoms with Crippen LogP contribution in [-0.2, 0) is 4.79 Å². The molecule has 0 N–H and O–H groups in total. The maximum Gasteiger partial charge on any atom is 0.336 e. The average molecular weight is 388 g/mol. The van der Waals surface area contributed by atoms with Crippen molar-refractivity contribution < 1.29 is 19.0 Å². The first-order valence-electron chi connectivity index (χ1n) is 10.1. The van der Waals surface area contributed by atoms with Gasteiger partial charge in [0.15, 0.2) is 11.5 Å². The largest absolute Gasteiger partial charge is 0.454 e. The van der Waals surface area contributed by atoms with Crippen molar-refractivity contribution in [3.05, 3.63) is 66.8 Å². The monoisotopic (exact) mass is 388 g/mol. The molecule has 1 aliphatic heterocycles. The highest BCUT2D eigenvalue weighted by Crippen LogP contribution is 2.44. The first kappa shape index (κ1) is 19.1. The number of benzene rings is 1. The van der Waals surface area contributed by atoms with Crippen molar-refractivity contribution in [2.75, 3.05) is 6.79 Å². The van der Waals surface area contributed by atoms with Crippen LogP contribution in [0.5, 0.6) is 17.2 Å². The van der Waals surface area contributed by atoms with Crippen LogP contribution in [0.3, 0.4) is 0 Å². The normalized spacial score (nSPS) is 13.1. The zero-order valence-electron chi connectivity index (χ0n) is 16.5. The quantitative estimate of drug-likeness (QED) is 0.207. The molecule has 0 aromatic heterocycles. The number of esters is 1. The molecular formula is C25H24O4. The van der Waals surface area contributed by atoms with Gasteiger partial charge in [0, 0.05) is 17.0 Å². The molecule has 0 saturated heterocycles. The summed E-state index contributed by atoms with van der Waals surface area (Å²) in [5.74, 6) is 1.59. The van der Waals surface area contributed by atoms with E-state index >= 15 is 0 Å². The molecule has 2 aliphatic carbocycles. The third kappa shape index (κ3) is 4.11. The number of carbonyl (C=O) groups is 1. The fourth-order valence-electron chi connectivity index (χ4n) is 3.57. The average Bonchev–Trinajstić information content (AvgIpc) is 3.37. The van der Waals surface area contributed by atoms with E-state index in [1.807, 2.05) is 48.5 Å². The number of hydrogen-bond acceptors (Lipinski definition) is 4. The first-order valence-corrected chi connectivity index (χ1v) is 10.1. The van der Waals surface area contributed by atoms with E-state index < -0.39 is 5.97 Å². The van der Waals surface area contributed by atoms with Gasteiger partial charge < -0.3 is 14.2 Å². The van der Waals surface area contributed by atoms with E-state index in [4.69, 9.17) is 14.2 Å². The van der Waals surface area contributed by atoms with Crippen molar-refractivity contribution in [3.8, 4) is 28.4 Å². The molecule has 4 heteroatoms. The Balaban J connectivity index is 1.56. The topological polar surface area (TPSA) is 44.8 Å². The van der Waals surface area contributed by atoms with Crippen molar-refractivity contribution in [2.24, 2.45) is 0 Å². The van der Waals surface area contributed by atoms with E-state index in [2.05, 4.69) is 13.0 Å². The summed E-state index contributed by atoms with van der Waals surface area (Å²) < 4.78 is 16.8. The fourth-order valence-corrected chi connectivity index (χ4v) is 3.57. The molecule has 0 saturated carbocycles. The molecule has 0 radical (unpaired) electrons. The molecule has 4 rings (SSSR count). The number of ether oxygens (including phenoxy) is 3. The summed E-state index contributed by atoms with van der Waals surface area (Å²) in [5.41, 5.74) is 1.89. The predicted octanol–water partition coefficient (Wildman–Crippen LogP) is 6.27. The highest BCUT2D eigenvalue weighted by Gasteiger charge is 2.20. The van der Waals surface area contributed by atoms with Crippen molar-refractivity contribution in [2.45, 2.75) is 32.6 Å². The van der Waals surface area contributed by atoms with Gasteiger partial charge in [0.2, 0.25) is 6.79 Å². The third-order valence-corrected chi connectivity index (χ3v) is 5.02. The fraction of sp³-hybridized carbons (Fsp3) is 0.240. The zero-order chi connectivity index (χ0) is 20.1. The Morgan fingerprint density at radius 2 is 1.86 bits per heavy atom. The van der Waals surface area contributed by atoms with Gasteiger partial charge in [-0.1, -0.05) is 56.2 Å². The standard InChI is InChI=1S/C25H24O4/c1-2-3-4-5-6-7-8-12-24(26)29-22-15-14-21-19(18-10-9-11-20(18)22)13-16-23-25(21)28-17-27-23/h6-16H,2-5,17H2,1H3/b7-6+,12-8+. The molecule has 0 bridgehead atoms. The van der Waals surface area contributed by atoms with Crippen LogP contribution in [0.15, 0.2) is 66.8 Å². The summed E-state index contributed by atoms with van der Waals surface area (Å²) >= 11 is 0. The summed E-state index contributed by atoms with van der Waals surface area (Å²) in [7, 11) is 0. The van der Waals surface area contributed by atoms with Crippen LogP contribution in [0, 0.1) is 0 Å². The lowest BCUT2D eigenvalue weighted by Crippen LogP contribution is -2.03. The van der Waals surface area contributed by atoms with Crippen LogP contribution in [0.4, 0.5) is 0 Å². The molecule has 4 nitrogen and oxygen atoms in total. The molecule has 0 spiro atoms. The highest BCUT2D eigenvalue weighted by molar-refractivity contribution is 6.03. The van der Waals surface area contributed by atoms with E-state index in [9.17, 15) is 4.79 Å². The van der Waals surface area contributed by atoms with Crippen molar-refractivity contribution in [1.82, 2.24) is 0 Å². The molecule has 1 aromatic rings. The Bertz CT molecular complexity index is 1050. The van der Waals surface area contributed by atoms with Gasteiger partial charge in [0.1, 0.15) is 5.75 Å². The lowest BCUT2D eigenvalue weighted by Gasteiger charge is -2.05. The van der Waals surface area contributed by atoms with E-state index in [0.717, 1.165) is 39.8 Å². The van der Waals surface area contributed by atoms with Crippen LogP contribution < -0.4 is 14.2 Å². The van der Waals surface area contributed by atoms with Crippen LogP contribution in [0.2, 0.25) is 0 Å². The minimum atomic E-state index is -0.397. The molecular weight excluding hydrogens is 364 g/mol. The molecule has 29 heavy (non-hydrogen) atoms. The Hall–Kier alpha value is -3.27. The Labute approximate surface area is 170 Å². The van der Waals surface area contributed by atoms with Crippen molar-refractivity contribution in [1.29, 1.82) is 0 Å².